The van der Waals surface area contributed by atoms with Crippen LogP contribution in [0.2, 0.25) is 5.28 Å². The van der Waals surface area contributed by atoms with Crippen molar-refractivity contribution in [3.05, 3.63) is 34.1 Å². The monoisotopic (exact) mass is 333 g/mol. The van der Waals surface area contributed by atoms with Crippen molar-refractivity contribution in [3.63, 3.8) is 0 Å². The highest BCUT2D eigenvalue weighted by molar-refractivity contribution is 7.15. The van der Waals surface area contributed by atoms with Gasteiger partial charge in [-0.3, -0.25) is 0 Å². The largest absolute Gasteiger partial charge is 0.312 e. The Labute approximate surface area is 140 Å². The molecule has 0 radical (unpaired) electrons. The third-order valence-corrected chi connectivity index (χ3v) is 5.12. The molecule has 5 heteroatoms. The van der Waals surface area contributed by atoms with Gasteiger partial charge in [-0.1, -0.05) is 19.4 Å². The third kappa shape index (κ3) is 2.55. The van der Waals surface area contributed by atoms with E-state index in [1.807, 2.05) is 0 Å². The molecular weight excluding hydrogens is 314 g/mol. The molecule has 0 aliphatic carbocycles. The summed E-state index contributed by atoms with van der Waals surface area (Å²) in [6.45, 7) is 8.56. The Morgan fingerprint density at radius 1 is 1.27 bits per heavy atom. The van der Waals surface area contributed by atoms with Gasteiger partial charge in [0.05, 0.1) is 11.2 Å². The molecule has 2 aromatic heterocycles. The van der Waals surface area contributed by atoms with Gasteiger partial charge in [0.15, 0.2) is 0 Å². The number of fused-ring (bicyclic) bond motifs is 1. The molecule has 3 nitrogen and oxygen atoms in total. The van der Waals surface area contributed by atoms with Gasteiger partial charge in [-0.15, -0.1) is 11.3 Å². The SMILES string of the molecule is CCCc1nc(-c2cccc3c2nc(Cl)n3C(C)C)sc1C. The first-order chi connectivity index (χ1) is 10.5. The Bertz CT molecular complexity index is 817. The number of imidazole rings is 1. The molecule has 0 unspecified atom stereocenters. The normalized spacial score (nSPS) is 11.7. The average molecular weight is 334 g/mol. The highest BCUT2D eigenvalue weighted by Crippen LogP contribution is 2.35. The Morgan fingerprint density at radius 2 is 2.05 bits per heavy atom. The molecule has 0 aliphatic rings. The minimum absolute atomic E-state index is 0.279. The summed E-state index contributed by atoms with van der Waals surface area (Å²) < 4.78 is 2.06. The molecule has 1 aromatic carbocycles. The first-order valence-corrected chi connectivity index (χ1v) is 8.85. The number of thiazole rings is 1. The summed E-state index contributed by atoms with van der Waals surface area (Å²) in [4.78, 5) is 10.7. The highest BCUT2D eigenvalue weighted by atomic mass is 35.5. The van der Waals surface area contributed by atoms with Crippen molar-refractivity contribution in [2.24, 2.45) is 0 Å². The number of hydrogen-bond donors (Lipinski definition) is 0. The number of para-hydroxylation sites is 1. The van der Waals surface area contributed by atoms with Gasteiger partial charge in [0.25, 0.3) is 0 Å². The smallest absolute Gasteiger partial charge is 0.204 e. The maximum absolute atomic E-state index is 6.34. The lowest BCUT2D eigenvalue weighted by atomic mass is 10.2. The van der Waals surface area contributed by atoms with Crippen LogP contribution < -0.4 is 0 Å². The minimum atomic E-state index is 0.279. The molecule has 0 fully saturated rings. The third-order valence-electron chi connectivity index (χ3n) is 3.80. The maximum atomic E-state index is 6.34. The van der Waals surface area contributed by atoms with E-state index in [9.17, 15) is 0 Å². The first kappa shape index (κ1) is 15.5. The molecule has 22 heavy (non-hydrogen) atoms. The van der Waals surface area contributed by atoms with Crippen LogP contribution >= 0.6 is 22.9 Å². The molecule has 0 amide bonds. The van der Waals surface area contributed by atoms with E-state index in [0.717, 1.165) is 34.4 Å². The predicted octanol–water partition coefficient (Wildman–Crippen LogP) is 5.66. The maximum Gasteiger partial charge on any atom is 0.204 e. The lowest BCUT2D eigenvalue weighted by Gasteiger charge is -2.09. The van der Waals surface area contributed by atoms with Gasteiger partial charge in [-0.25, -0.2) is 9.97 Å². The van der Waals surface area contributed by atoms with Crippen molar-refractivity contribution in [3.8, 4) is 10.6 Å². The van der Waals surface area contributed by atoms with Crippen LogP contribution in [-0.4, -0.2) is 14.5 Å². The fraction of sp³-hybridized carbons (Fsp3) is 0.412. The number of benzene rings is 1. The summed E-state index contributed by atoms with van der Waals surface area (Å²) in [5, 5.41) is 1.58. The number of aromatic nitrogens is 3. The van der Waals surface area contributed by atoms with Crippen LogP contribution in [0, 0.1) is 6.92 Å². The van der Waals surface area contributed by atoms with E-state index in [-0.39, 0.29) is 6.04 Å². The van der Waals surface area contributed by atoms with Crippen LogP contribution in [0.5, 0.6) is 0 Å². The molecule has 0 saturated heterocycles. The summed E-state index contributed by atoms with van der Waals surface area (Å²) in [5.41, 5.74) is 4.29. The van der Waals surface area contributed by atoms with E-state index >= 15 is 0 Å². The van der Waals surface area contributed by atoms with Gasteiger partial charge in [-0.2, -0.15) is 0 Å². The standard InChI is InChI=1S/C17H20ClN3S/c1-5-7-13-11(4)22-16(19-13)12-8-6-9-14-15(12)20-17(18)21(14)10(2)3/h6,8-10H,5,7H2,1-4H3. The molecule has 116 valence electrons. The van der Waals surface area contributed by atoms with Crippen molar-refractivity contribution in [2.75, 3.05) is 0 Å². The van der Waals surface area contributed by atoms with Crippen LogP contribution in [0.4, 0.5) is 0 Å². The second-order valence-corrected chi connectivity index (χ2v) is 7.33. The van der Waals surface area contributed by atoms with Crippen molar-refractivity contribution < 1.29 is 0 Å². The van der Waals surface area contributed by atoms with Crippen LogP contribution in [0.1, 0.15) is 43.8 Å². The predicted molar refractivity (Wildman–Crippen MR) is 95.0 cm³/mol. The molecule has 3 aromatic rings. The van der Waals surface area contributed by atoms with Crippen molar-refractivity contribution in [1.29, 1.82) is 0 Å². The first-order valence-electron chi connectivity index (χ1n) is 7.66. The van der Waals surface area contributed by atoms with Crippen molar-refractivity contribution in [1.82, 2.24) is 14.5 Å². The summed E-state index contributed by atoms with van der Waals surface area (Å²) in [7, 11) is 0. The van der Waals surface area contributed by atoms with E-state index in [1.165, 1.54) is 10.6 Å². The van der Waals surface area contributed by atoms with E-state index in [0.29, 0.717) is 5.28 Å². The van der Waals surface area contributed by atoms with Gasteiger partial charge in [0.1, 0.15) is 10.5 Å². The fourth-order valence-corrected chi connectivity index (χ4v) is 4.12. The molecule has 0 bridgehead atoms. The number of halogens is 1. The van der Waals surface area contributed by atoms with Crippen LogP contribution in [0.3, 0.4) is 0 Å². The molecule has 0 N–H and O–H groups in total. The summed E-state index contributed by atoms with van der Waals surface area (Å²) in [5.74, 6) is 0. The zero-order chi connectivity index (χ0) is 15.9. The lowest BCUT2D eigenvalue weighted by molar-refractivity contribution is 0.618. The second-order valence-electron chi connectivity index (χ2n) is 5.79. The highest BCUT2D eigenvalue weighted by Gasteiger charge is 2.17. The zero-order valence-electron chi connectivity index (χ0n) is 13.4. The molecule has 3 rings (SSSR count). The van der Waals surface area contributed by atoms with Gasteiger partial charge in [0.2, 0.25) is 5.28 Å². The Kier molecular flexibility index (Phi) is 4.24. The second kappa shape index (κ2) is 6.01. The average Bonchev–Trinajstić information content (AvgIpc) is 2.98. The van der Waals surface area contributed by atoms with Crippen LogP contribution in [0.25, 0.3) is 21.6 Å². The molecule has 0 aliphatic heterocycles. The number of rotatable bonds is 4. The quantitative estimate of drug-likeness (QED) is 0.617. The van der Waals surface area contributed by atoms with Gasteiger partial charge in [0, 0.05) is 16.5 Å². The minimum Gasteiger partial charge on any atom is -0.312 e. The lowest BCUT2D eigenvalue weighted by Crippen LogP contribution is -2.00. The molecule has 2 heterocycles. The van der Waals surface area contributed by atoms with Gasteiger partial charge >= 0.3 is 0 Å². The Morgan fingerprint density at radius 3 is 2.73 bits per heavy atom. The topological polar surface area (TPSA) is 30.7 Å². The number of aryl methyl sites for hydroxylation is 2. The Balaban J connectivity index is 2.19. The van der Waals surface area contributed by atoms with Gasteiger partial charge in [-0.05, 0) is 50.9 Å². The summed E-state index contributed by atoms with van der Waals surface area (Å²) in [6, 6.07) is 6.50. The summed E-state index contributed by atoms with van der Waals surface area (Å²) in [6.07, 6.45) is 2.14. The van der Waals surface area contributed by atoms with E-state index in [2.05, 4.69) is 55.4 Å². The number of nitrogens with zero attached hydrogens (tertiary/aromatic N) is 3. The van der Waals surface area contributed by atoms with Crippen molar-refractivity contribution in [2.45, 2.75) is 46.6 Å². The number of hydrogen-bond acceptors (Lipinski definition) is 3. The Hall–Kier alpha value is -1.39. The van der Waals surface area contributed by atoms with Crippen molar-refractivity contribution >= 4 is 34.0 Å². The summed E-state index contributed by atoms with van der Waals surface area (Å²) >= 11 is 8.09. The molecular formula is C17H20ClN3S. The van der Waals surface area contributed by atoms with E-state index in [4.69, 9.17) is 16.6 Å². The zero-order valence-corrected chi connectivity index (χ0v) is 14.9. The van der Waals surface area contributed by atoms with E-state index in [1.54, 1.807) is 11.3 Å². The molecule has 0 spiro atoms. The molecule has 0 saturated carbocycles. The van der Waals surface area contributed by atoms with Crippen LogP contribution in [0.15, 0.2) is 18.2 Å². The fourth-order valence-electron chi connectivity index (χ4n) is 2.76. The van der Waals surface area contributed by atoms with E-state index < -0.39 is 0 Å². The van der Waals surface area contributed by atoms with Crippen LogP contribution in [-0.2, 0) is 6.42 Å². The molecule has 0 atom stereocenters. The van der Waals surface area contributed by atoms with Gasteiger partial charge < -0.3 is 4.57 Å².